The van der Waals surface area contributed by atoms with E-state index in [1.54, 1.807) is 0 Å². The van der Waals surface area contributed by atoms with E-state index in [9.17, 15) is 9.90 Å². The summed E-state index contributed by atoms with van der Waals surface area (Å²) in [6.45, 7) is 5.11. The van der Waals surface area contributed by atoms with Crippen LogP contribution in [0.4, 0.5) is 5.69 Å². The predicted octanol–water partition coefficient (Wildman–Crippen LogP) is 3.03. The van der Waals surface area contributed by atoms with Crippen molar-refractivity contribution in [1.82, 2.24) is 10.6 Å². The summed E-state index contributed by atoms with van der Waals surface area (Å²) in [6, 6.07) is 15.6. The number of halogens is 1. The Balaban J connectivity index is 1.95. The number of carbonyl (C=O) groups is 1. The molecule has 4 N–H and O–H groups in total. The molecule has 1 atom stereocenters. The van der Waals surface area contributed by atoms with E-state index in [1.807, 2.05) is 62.4 Å². The van der Waals surface area contributed by atoms with E-state index >= 15 is 0 Å². The van der Waals surface area contributed by atoms with E-state index in [-0.39, 0.29) is 25.0 Å². The summed E-state index contributed by atoms with van der Waals surface area (Å²) in [4.78, 5) is 16.6. The maximum Gasteiger partial charge on any atom is 0.246 e. The Kier molecular flexibility index (Phi) is 8.97. The number of aliphatic hydroxyl groups excluding tert-OH is 1. The van der Waals surface area contributed by atoms with Gasteiger partial charge in [-0.25, -0.2) is 4.99 Å². The fourth-order valence-corrected chi connectivity index (χ4v) is 3.01. The summed E-state index contributed by atoms with van der Waals surface area (Å²) >= 11 is 3.41. The smallest absolute Gasteiger partial charge is 0.246 e. The molecule has 2 aromatic rings. The van der Waals surface area contributed by atoms with Gasteiger partial charge in [0.25, 0.3) is 0 Å². The quantitative estimate of drug-likeness (QED) is 0.370. The molecule has 0 aliphatic heterocycles. The van der Waals surface area contributed by atoms with E-state index in [0.717, 1.165) is 21.3 Å². The van der Waals surface area contributed by atoms with Crippen LogP contribution in [0.1, 0.15) is 24.0 Å². The molecule has 0 fully saturated rings. The molecule has 6 nitrogen and oxygen atoms in total. The van der Waals surface area contributed by atoms with Gasteiger partial charge >= 0.3 is 0 Å². The third kappa shape index (κ3) is 6.98. The highest BCUT2D eigenvalue weighted by molar-refractivity contribution is 9.10. The van der Waals surface area contributed by atoms with Gasteiger partial charge in [-0.3, -0.25) is 4.79 Å². The predicted molar refractivity (Wildman–Crippen MR) is 118 cm³/mol. The van der Waals surface area contributed by atoms with Gasteiger partial charge in [0.15, 0.2) is 5.96 Å². The zero-order valence-electron chi connectivity index (χ0n) is 16.2. The molecule has 1 amide bonds. The zero-order valence-corrected chi connectivity index (χ0v) is 17.8. The molecule has 0 saturated carbocycles. The first-order valence-electron chi connectivity index (χ1n) is 9.27. The van der Waals surface area contributed by atoms with E-state index in [1.165, 1.54) is 0 Å². The maximum atomic E-state index is 12.3. The molecule has 0 aliphatic carbocycles. The summed E-state index contributed by atoms with van der Waals surface area (Å²) in [6.07, 6.45) is 0. The van der Waals surface area contributed by atoms with Crippen molar-refractivity contribution in [3.8, 4) is 0 Å². The topological polar surface area (TPSA) is 85.8 Å². The summed E-state index contributed by atoms with van der Waals surface area (Å²) in [5.74, 6) is 0.293. The van der Waals surface area contributed by atoms with Crippen molar-refractivity contribution in [3.05, 3.63) is 64.1 Å². The van der Waals surface area contributed by atoms with Crippen molar-refractivity contribution < 1.29 is 9.90 Å². The lowest BCUT2D eigenvalue weighted by Gasteiger charge is -2.18. The zero-order chi connectivity index (χ0) is 20.4. The van der Waals surface area contributed by atoms with Crippen molar-refractivity contribution in [2.45, 2.75) is 19.8 Å². The second-order valence-corrected chi connectivity index (χ2v) is 7.29. The normalized spacial score (nSPS) is 12.4. The lowest BCUT2D eigenvalue weighted by atomic mass is 10.0. The van der Waals surface area contributed by atoms with E-state index in [2.05, 4.69) is 36.9 Å². The second kappa shape index (κ2) is 11.5. The summed E-state index contributed by atoms with van der Waals surface area (Å²) in [5, 5.41) is 18.9. The number of benzene rings is 2. The number of nitrogens with zero attached hydrogens (tertiary/aromatic N) is 1. The maximum absolute atomic E-state index is 12.3. The van der Waals surface area contributed by atoms with Crippen LogP contribution in [0.2, 0.25) is 0 Å². The highest BCUT2D eigenvalue weighted by atomic mass is 79.9. The average Bonchev–Trinajstić information content (AvgIpc) is 2.70. The van der Waals surface area contributed by atoms with Crippen LogP contribution in [0.25, 0.3) is 0 Å². The van der Waals surface area contributed by atoms with Crippen LogP contribution in [0, 0.1) is 6.92 Å². The standard InChI is InChI=1S/C21H27BrN4O2/c1-3-23-21(24-12-17(14-27)16-7-5-4-6-8-16)25-13-20(28)26-19-11-18(22)10-9-15(19)2/h4-11,17,27H,3,12-14H2,1-2H3,(H,26,28)(H2,23,24,25). The number of anilines is 1. The molecule has 7 heteroatoms. The SMILES string of the molecule is CCNC(=NCC(=O)Nc1cc(Br)ccc1C)NCC(CO)c1ccccc1. The number of nitrogens with one attached hydrogen (secondary N) is 3. The van der Waals surface area contributed by atoms with Crippen molar-refractivity contribution in [1.29, 1.82) is 0 Å². The number of aryl methyl sites for hydroxylation is 1. The molecule has 0 radical (unpaired) electrons. The third-order valence-corrected chi connectivity index (χ3v) is 4.70. The molecule has 0 saturated heterocycles. The third-order valence-electron chi connectivity index (χ3n) is 4.21. The molecule has 1 unspecified atom stereocenters. The minimum atomic E-state index is -0.194. The van der Waals surface area contributed by atoms with Gasteiger partial charge in [0.2, 0.25) is 5.91 Å². The van der Waals surface area contributed by atoms with E-state index in [0.29, 0.717) is 19.0 Å². The molecule has 0 spiro atoms. The summed E-state index contributed by atoms with van der Waals surface area (Å²) in [5.41, 5.74) is 2.80. The molecule has 2 rings (SSSR count). The Morgan fingerprint density at radius 2 is 1.93 bits per heavy atom. The van der Waals surface area contributed by atoms with Crippen molar-refractivity contribution in [2.24, 2.45) is 4.99 Å². The first kappa shape index (κ1) is 21.9. The molecular formula is C21H27BrN4O2. The van der Waals surface area contributed by atoms with Crippen LogP contribution < -0.4 is 16.0 Å². The number of guanidine groups is 1. The largest absolute Gasteiger partial charge is 0.396 e. The Morgan fingerprint density at radius 1 is 1.18 bits per heavy atom. The monoisotopic (exact) mass is 446 g/mol. The number of amides is 1. The van der Waals surface area contributed by atoms with Gasteiger partial charge in [0, 0.05) is 29.2 Å². The lowest BCUT2D eigenvalue weighted by Crippen LogP contribution is -2.40. The fourth-order valence-electron chi connectivity index (χ4n) is 2.64. The van der Waals surface area contributed by atoms with Crippen LogP contribution in [-0.4, -0.2) is 43.2 Å². The first-order valence-corrected chi connectivity index (χ1v) is 10.1. The Bertz CT molecular complexity index is 796. The Hall–Kier alpha value is -2.38. The van der Waals surface area contributed by atoms with E-state index < -0.39 is 0 Å². The van der Waals surface area contributed by atoms with Crippen molar-refractivity contribution in [2.75, 3.05) is 31.6 Å². The Labute approximate surface area is 174 Å². The van der Waals surface area contributed by atoms with E-state index in [4.69, 9.17) is 0 Å². The van der Waals surface area contributed by atoms with Crippen LogP contribution in [-0.2, 0) is 4.79 Å². The van der Waals surface area contributed by atoms with Crippen LogP contribution in [0.5, 0.6) is 0 Å². The second-order valence-electron chi connectivity index (χ2n) is 6.37. The first-order chi connectivity index (χ1) is 13.5. The molecule has 28 heavy (non-hydrogen) atoms. The minimum absolute atomic E-state index is 0.00356. The van der Waals surface area contributed by atoms with Gasteiger partial charge < -0.3 is 21.1 Å². The number of aliphatic imine (C=N–C) groups is 1. The lowest BCUT2D eigenvalue weighted by molar-refractivity contribution is -0.114. The van der Waals surface area contributed by atoms with Crippen LogP contribution in [0.15, 0.2) is 58.0 Å². The highest BCUT2D eigenvalue weighted by Crippen LogP contribution is 2.20. The Morgan fingerprint density at radius 3 is 2.61 bits per heavy atom. The summed E-state index contributed by atoms with van der Waals surface area (Å²) < 4.78 is 0.905. The molecule has 150 valence electrons. The van der Waals surface area contributed by atoms with Gasteiger partial charge in [-0.2, -0.15) is 0 Å². The van der Waals surface area contributed by atoms with Crippen molar-refractivity contribution >= 4 is 33.5 Å². The van der Waals surface area contributed by atoms with Gasteiger partial charge in [-0.15, -0.1) is 0 Å². The number of aliphatic hydroxyl groups is 1. The van der Waals surface area contributed by atoms with Gasteiger partial charge in [0.1, 0.15) is 6.54 Å². The molecule has 0 bridgehead atoms. The van der Waals surface area contributed by atoms with Crippen LogP contribution >= 0.6 is 15.9 Å². The number of hydrogen-bond acceptors (Lipinski definition) is 3. The van der Waals surface area contributed by atoms with Crippen LogP contribution in [0.3, 0.4) is 0 Å². The minimum Gasteiger partial charge on any atom is -0.396 e. The molecule has 0 aliphatic rings. The molecule has 0 heterocycles. The molecular weight excluding hydrogens is 420 g/mol. The van der Waals surface area contributed by atoms with Crippen molar-refractivity contribution in [3.63, 3.8) is 0 Å². The molecule has 0 aromatic heterocycles. The average molecular weight is 447 g/mol. The number of rotatable bonds is 8. The number of carbonyl (C=O) groups excluding carboxylic acids is 1. The number of hydrogen-bond donors (Lipinski definition) is 4. The van der Waals surface area contributed by atoms with Gasteiger partial charge in [-0.1, -0.05) is 52.3 Å². The van der Waals surface area contributed by atoms with Gasteiger partial charge in [-0.05, 0) is 37.1 Å². The van der Waals surface area contributed by atoms with Gasteiger partial charge in [0.05, 0.1) is 6.61 Å². The summed E-state index contributed by atoms with van der Waals surface area (Å²) in [7, 11) is 0. The highest BCUT2D eigenvalue weighted by Gasteiger charge is 2.11. The fraction of sp³-hybridized carbons (Fsp3) is 0.333. The molecule has 2 aromatic carbocycles.